The fourth-order valence-corrected chi connectivity index (χ4v) is 2.02. The number of hydrogen-bond donors (Lipinski definition) is 1. The Balaban J connectivity index is 2.51. The number of sulfone groups is 1. The van der Waals surface area contributed by atoms with Crippen LogP contribution in [0.25, 0.3) is 0 Å². The van der Waals surface area contributed by atoms with Gasteiger partial charge in [-0.2, -0.15) is 15.0 Å². The fourth-order valence-electron chi connectivity index (χ4n) is 1.20. The molecule has 0 amide bonds. The van der Waals surface area contributed by atoms with E-state index in [4.69, 9.17) is 16.3 Å². The van der Waals surface area contributed by atoms with Crippen LogP contribution in [0, 0.1) is 0 Å². The third-order valence-corrected chi connectivity index (χ3v) is 3.20. The summed E-state index contributed by atoms with van der Waals surface area (Å²) in [6.45, 7) is 2.89. The molecule has 1 N–H and O–H groups in total. The lowest BCUT2D eigenvalue weighted by atomic mass is 10.5. The van der Waals surface area contributed by atoms with Crippen molar-refractivity contribution in [2.45, 2.75) is 19.8 Å². The lowest BCUT2D eigenvalue weighted by molar-refractivity contribution is 0.291. The number of halogens is 1. The summed E-state index contributed by atoms with van der Waals surface area (Å²) in [5, 5.41) is 2.92. The van der Waals surface area contributed by atoms with Crippen LogP contribution in [0.3, 0.4) is 0 Å². The highest BCUT2D eigenvalue weighted by Gasteiger charge is 2.06. The summed E-state index contributed by atoms with van der Waals surface area (Å²) >= 11 is 5.74. The van der Waals surface area contributed by atoms with Gasteiger partial charge in [0.2, 0.25) is 11.2 Å². The molecule has 1 rings (SSSR count). The molecule has 0 saturated carbocycles. The van der Waals surface area contributed by atoms with Crippen LogP contribution >= 0.6 is 11.6 Å². The maximum Gasteiger partial charge on any atom is 0.322 e. The quantitative estimate of drug-likeness (QED) is 0.720. The van der Waals surface area contributed by atoms with Crippen molar-refractivity contribution in [2.75, 3.05) is 30.5 Å². The lowest BCUT2D eigenvalue weighted by Gasteiger charge is -2.07. The van der Waals surface area contributed by atoms with Gasteiger partial charge in [0.25, 0.3) is 0 Å². The third-order valence-electron chi connectivity index (χ3n) is 2.00. The average Bonchev–Trinajstić information content (AvgIpc) is 2.30. The van der Waals surface area contributed by atoms with E-state index in [1.807, 2.05) is 6.92 Å². The summed E-state index contributed by atoms with van der Waals surface area (Å²) in [4.78, 5) is 11.7. The molecule has 0 bridgehead atoms. The first kappa shape index (κ1) is 15.9. The second-order valence-corrected chi connectivity index (χ2v) is 6.57. The Morgan fingerprint density at radius 2 is 2.05 bits per heavy atom. The molecule has 0 aliphatic heterocycles. The summed E-state index contributed by atoms with van der Waals surface area (Å²) in [6, 6.07) is 0.160. The predicted octanol–water partition coefficient (Wildman–Crippen LogP) is 1.16. The summed E-state index contributed by atoms with van der Waals surface area (Å²) in [5.74, 6) is 0.387. The van der Waals surface area contributed by atoms with E-state index >= 15 is 0 Å². The first-order valence-corrected chi connectivity index (χ1v) is 8.30. The molecule has 0 aliphatic rings. The standard InChI is InChI=1S/C10H17ClN4O3S/c1-3-6-18-10-14-8(11)13-9(15-10)12-5-4-7-19(2,16)17/h3-7H2,1-2H3,(H,12,13,14,15). The first-order chi connectivity index (χ1) is 8.90. The van der Waals surface area contributed by atoms with Crippen LogP contribution in [0.4, 0.5) is 5.95 Å². The van der Waals surface area contributed by atoms with Crippen molar-refractivity contribution < 1.29 is 13.2 Å². The SMILES string of the molecule is CCCOc1nc(Cl)nc(NCCCS(C)(=O)=O)n1. The normalized spacial score (nSPS) is 11.3. The van der Waals surface area contributed by atoms with Crippen molar-refractivity contribution >= 4 is 27.4 Å². The van der Waals surface area contributed by atoms with Gasteiger partial charge in [-0.05, 0) is 24.4 Å². The first-order valence-electron chi connectivity index (χ1n) is 5.86. The highest BCUT2D eigenvalue weighted by Crippen LogP contribution is 2.11. The zero-order chi connectivity index (χ0) is 14.3. The molecule has 0 fully saturated rings. The number of nitrogens with one attached hydrogen (secondary N) is 1. The van der Waals surface area contributed by atoms with Gasteiger partial charge in [0.05, 0.1) is 12.4 Å². The van der Waals surface area contributed by atoms with E-state index < -0.39 is 9.84 Å². The molecule has 0 unspecified atom stereocenters. The molecule has 19 heavy (non-hydrogen) atoms. The molecule has 7 nitrogen and oxygen atoms in total. The average molecular weight is 309 g/mol. The van der Waals surface area contributed by atoms with Crippen LogP contribution in [-0.4, -0.2) is 48.5 Å². The summed E-state index contributed by atoms with van der Waals surface area (Å²) in [6.07, 6.45) is 2.50. The molecule has 0 spiro atoms. The smallest absolute Gasteiger partial charge is 0.322 e. The van der Waals surface area contributed by atoms with E-state index in [-0.39, 0.29) is 23.0 Å². The Kier molecular flexibility index (Phi) is 6.23. The highest BCUT2D eigenvalue weighted by atomic mass is 35.5. The van der Waals surface area contributed by atoms with Gasteiger partial charge in [-0.15, -0.1) is 0 Å². The second kappa shape index (κ2) is 7.44. The third kappa shape index (κ3) is 7.12. The van der Waals surface area contributed by atoms with Crippen LogP contribution in [0.1, 0.15) is 19.8 Å². The highest BCUT2D eigenvalue weighted by molar-refractivity contribution is 7.90. The van der Waals surface area contributed by atoms with Crippen LogP contribution in [0.5, 0.6) is 6.01 Å². The van der Waals surface area contributed by atoms with E-state index in [2.05, 4.69) is 20.3 Å². The molecule has 0 aromatic carbocycles. The molecular weight excluding hydrogens is 292 g/mol. The van der Waals surface area contributed by atoms with Gasteiger partial charge in [0.1, 0.15) is 9.84 Å². The molecule has 1 aromatic heterocycles. The minimum atomic E-state index is -2.95. The molecule has 0 atom stereocenters. The van der Waals surface area contributed by atoms with E-state index in [0.717, 1.165) is 6.42 Å². The lowest BCUT2D eigenvalue weighted by Crippen LogP contribution is -2.12. The Labute approximate surface area is 117 Å². The van der Waals surface area contributed by atoms with E-state index in [0.29, 0.717) is 19.6 Å². The zero-order valence-electron chi connectivity index (χ0n) is 10.9. The zero-order valence-corrected chi connectivity index (χ0v) is 12.5. The van der Waals surface area contributed by atoms with Gasteiger partial charge in [-0.25, -0.2) is 8.42 Å². The molecule has 1 heterocycles. The maximum atomic E-state index is 11.0. The number of anilines is 1. The number of ether oxygens (including phenoxy) is 1. The van der Waals surface area contributed by atoms with Gasteiger partial charge in [-0.1, -0.05) is 6.92 Å². The number of nitrogens with zero attached hydrogens (tertiary/aromatic N) is 3. The summed E-state index contributed by atoms with van der Waals surface area (Å²) < 4.78 is 27.2. The number of rotatable bonds is 8. The van der Waals surface area contributed by atoms with Crippen molar-refractivity contribution in [2.24, 2.45) is 0 Å². The number of aromatic nitrogens is 3. The van der Waals surface area contributed by atoms with E-state index in [1.54, 1.807) is 0 Å². The second-order valence-electron chi connectivity index (χ2n) is 3.97. The van der Waals surface area contributed by atoms with Gasteiger partial charge in [-0.3, -0.25) is 0 Å². The molecule has 0 radical (unpaired) electrons. The van der Waals surface area contributed by atoms with Gasteiger partial charge in [0, 0.05) is 12.8 Å². The Hall–Kier alpha value is -1.15. The minimum Gasteiger partial charge on any atom is -0.463 e. The van der Waals surface area contributed by atoms with Gasteiger partial charge in [0.15, 0.2) is 0 Å². The minimum absolute atomic E-state index is 0.0340. The topological polar surface area (TPSA) is 94.1 Å². The van der Waals surface area contributed by atoms with E-state index in [9.17, 15) is 8.42 Å². The Morgan fingerprint density at radius 1 is 1.32 bits per heavy atom. The van der Waals surface area contributed by atoms with E-state index in [1.165, 1.54) is 6.26 Å². The summed E-state index contributed by atoms with van der Waals surface area (Å²) in [5.41, 5.74) is 0. The molecule has 9 heteroatoms. The molecule has 0 aliphatic carbocycles. The largest absolute Gasteiger partial charge is 0.463 e. The van der Waals surface area contributed by atoms with Crippen molar-refractivity contribution in [1.29, 1.82) is 0 Å². The Morgan fingerprint density at radius 3 is 2.68 bits per heavy atom. The molecular formula is C10H17ClN4O3S. The van der Waals surface area contributed by atoms with Crippen molar-refractivity contribution in [3.63, 3.8) is 0 Å². The van der Waals surface area contributed by atoms with Crippen molar-refractivity contribution in [3.8, 4) is 6.01 Å². The van der Waals surface area contributed by atoms with Crippen molar-refractivity contribution in [3.05, 3.63) is 5.28 Å². The fraction of sp³-hybridized carbons (Fsp3) is 0.700. The van der Waals surface area contributed by atoms with Crippen LogP contribution in [0.15, 0.2) is 0 Å². The number of hydrogen-bond acceptors (Lipinski definition) is 7. The van der Waals surface area contributed by atoms with Crippen molar-refractivity contribution in [1.82, 2.24) is 15.0 Å². The van der Waals surface area contributed by atoms with Crippen LogP contribution in [0.2, 0.25) is 5.28 Å². The molecule has 0 saturated heterocycles. The monoisotopic (exact) mass is 308 g/mol. The summed E-state index contributed by atoms with van der Waals surface area (Å²) in [7, 11) is -2.95. The predicted molar refractivity (Wildman–Crippen MR) is 73.4 cm³/mol. The molecule has 1 aromatic rings. The van der Waals surface area contributed by atoms with Crippen LogP contribution in [-0.2, 0) is 9.84 Å². The van der Waals surface area contributed by atoms with Gasteiger partial charge < -0.3 is 10.1 Å². The van der Waals surface area contributed by atoms with Crippen LogP contribution < -0.4 is 10.1 Å². The van der Waals surface area contributed by atoms with Gasteiger partial charge >= 0.3 is 6.01 Å². The Bertz CT molecular complexity index is 509. The molecule has 108 valence electrons. The maximum absolute atomic E-state index is 11.0.